The molecule has 1 saturated heterocycles. The van der Waals surface area contributed by atoms with E-state index in [0.717, 1.165) is 22.3 Å². The van der Waals surface area contributed by atoms with Crippen LogP contribution in [-0.2, 0) is 14.0 Å². The number of anilines is 1. The van der Waals surface area contributed by atoms with Gasteiger partial charge in [0.05, 0.1) is 11.2 Å². The molecule has 1 amide bonds. The van der Waals surface area contributed by atoms with Crippen molar-refractivity contribution in [3.63, 3.8) is 0 Å². The first kappa shape index (κ1) is 26.0. The zero-order valence-electron chi connectivity index (χ0n) is 22.1. The van der Waals surface area contributed by atoms with Crippen molar-refractivity contribution >= 4 is 25.0 Å². The number of amides is 1. The Balaban J connectivity index is 1.32. The van der Waals surface area contributed by atoms with Crippen LogP contribution in [0.5, 0.6) is 0 Å². The molecule has 0 radical (unpaired) electrons. The van der Waals surface area contributed by atoms with Crippen LogP contribution in [0, 0.1) is 5.82 Å². The maximum atomic E-state index is 14.6. The summed E-state index contributed by atoms with van der Waals surface area (Å²) in [7, 11) is -0.798. The molecule has 0 bridgehead atoms. The average molecular weight is 514 g/mol. The Morgan fingerprint density at radius 1 is 0.974 bits per heavy atom. The van der Waals surface area contributed by atoms with E-state index in [1.807, 2.05) is 52.0 Å². The van der Waals surface area contributed by atoms with Crippen molar-refractivity contribution in [2.75, 3.05) is 18.9 Å². The summed E-state index contributed by atoms with van der Waals surface area (Å²) >= 11 is 0. The van der Waals surface area contributed by atoms with Crippen LogP contribution in [0.1, 0.15) is 50.3 Å². The lowest BCUT2D eigenvalue weighted by Crippen LogP contribution is -2.41. The highest BCUT2D eigenvalue weighted by Crippen LogP contribution is 2.44. The Morgan fingerprint density at radius 2 is 1.55 bits per heavy atom. The van der Waals surface area contributed by atoms with Crippen molar-refractivity contribution in [1.29, 1.82) is 0 Å². The molecule has 1 aliphatic heterocycles. The molecule has 8 heteroatoms. The Kier molecular flexibility index (Phi) is 6.80. The molecule has 0 unspecified atom stereocenters. The van der Waals surface area contributed by atoms with E-state index in [9.17, 15) is 9.18 Å². The molecule has 0 atom stereocenters. The first-order chi connectivity index (χ1) is 18.1. The number of alkyl carbamates (subject to hydrolysis) is 1. The third-order valence-electron chi connectivity index (χ3n) is 7.75. The van der Waals surface area contributed by atoms with E-state index in [-0.39, 0.29) is 30.3 Å². The van der Waals surface area contributed by atoms with Gasteiger partial charge in [-0.05, 0) is 67.6 Å². The molecule has 1 fully saturated rings. The van der Waals surface area contributed by atoms with E-state index >= 15 is 0 Å². The van der Waals surface area contributed by atoms with Gasteiger partial charge in [-0.1, -0.05) is 60.7 Å². The van der Waals surface area contributed by atoms with Crippen LogP contribution >= 0.6 is 0 Å². The molecule has 1 aliphatic carbocycles. The van der Waals surface area contributed by atoms with E-state index in [0.29, 0.717) is 5.47 Å². The smallest absolute Gasteiger partial charge is 0.449 e. The molecule has 2 aliphatic rings. The second-order valence-electron chi connectivity index (χ2n) is 10.7. The van der Waals surface area contributed by atoms with Gasteiger partial charge in [0.15, 0.2) is 0 Å². The van der Waals surface area contributed by atoms with Gasteiger partial charge in [-0.15, -0.1) is 0 Å². The standard InChI is InChI=1S/C30H32BFN2O4/c1-29(2)30(3,4)38-31(37-29)19(16-24-26(32)14-9-15-27(24)33)17-34-28(35)36-18-25-22-12-7-5-10-20(22)21-11-6-8-13-23(21)25/h5-16,25H,17-18,33H2,1-4H3,(H,34,35). The fraction of sp³-hybridized carbons (Fsp3) is 0.300. The number of rotatable bonds is 6. The van der Waals surface area contributed by atoms with E-state index in [1.54, 1.807) is 18.2 Å². The van der Waals surface area contributed by atoms with Crippen LogP contribution in [0.15, 0.2) is 72.2 Å². The number of fused-ring (bicyclic) bond motifs is 3. The summed E-state index contributed by atoms with van der Waals surface area (Å²) in [5.74, 6) is -0.523. The van der Waals surface area contributed by atoms with Crippen LogP contribution in [0.25, 0.3) is 17.2 Å². The minimum atomic E-state index is -0.798. The van der Waals surface area contributed by atoms with E-state index < -0.39 is 30.2 Å². The number of nitrogens with two attached hydrogens (primary N) is 1. The molecule has 1 heterocycles. The lowest BCUT2D eigenvalue weighted by molar-refractivity contribution is 0.00578. The fourth-order valence-corrected chi connectivity index (χ4v) is 4.91. The number of halogens is 1. The van der Waals surface area contributed by atoms with Crippen LogP contribution < -0.4 is 11.1 Å². The molecule has 0 aromatic heterocycles. The fourth-order valence-electron chi connectivity index (χ4n) is 4.91. The van der Waals surface area contributed by atoms with E-state index in [2.05, 4.69) is 29.6 Å². The highest BCUT2D eigenvalue weighted by atomic mass is 19.1. The molecule has 6 nitrogen and oxygen atoms in total. The number of hydrogen-bond acceptors (Lipinski definition) is 5. The lowest BCUT2D eigenvalue weighted by Gasteiger charge is -2.32. The minimum absolute atomic E-state index is 0.0290. The molecule has 5 rings (SSSR count). The number of hydrogen-bond donors (Lipinski definition) is 2. The van der Waals surface area contributed by atoms with E-state index in [4.69, 9.17) is 19.8 Å². The van der Waals surface area contributed by atoms with Gasteiger partial charge in [-0.3, -0.25) is 0 Å². The summed E-state index contributed by atoms with van der Waals surface area (Å²) in [5.41, 5.74) is 10.4. The molecule has 0 spiro atoms. The monoisotopic (exact) mass is 514 g/mol. The maximum absolute atomic E-state index is 14.6. The predicted molar refractivity (Wildman–Crippen MR) is 148 cm³/mol. The second kappa shape index (κ2) is 9.93. The topological polar surface area (TPSA) is 82.8 Å². The summed E-state index contributed by atoms with van der Waals surface area (Å²) in [6.45, 7) is 7.95. The van der Waals surface area contributed by atoms with Gasteiger partial charge >= 0.3 is 13.2 Å². The van der Waals surface area contributed by atoms with Gasteiger partial charge in [0.1, 0.15) is 12.4 Å². The van der Waals surface area contributed by atoms with Crippen molar-refractivity contribution in [2.24, 2.45) is 0 Å². The largest absolute Gasteiger partial charge is 0.492 e. The lowest BCUT2D eigenvalue weighted by atomic mass is 9.76. The minimum Gasteiger partial charge on any atom is -0.449 e. The van der Waals surface area contributed by atoms with Crippen molar-refractivity contribution in [2.45, 2.75) is 44.8 Å². The van der Waals surface area contributed by atoms with Gasteiger partial charge in [-0.2, -0.15) is 0 Å². The normalized spacial score (nSPS) is 17.7. The molecule has 38 heavy (non-hydrogen) atoms. The molecular weight excluding hydrogens is 482 g/mol. The number of nitrogen functional groups attached to an aromatic ring is 1. The SMILES string of the molecule is CC1(C)OB(C(=Cc2c(N)cccc2F)CNC(=O)OCC2c3ccccc3-c3ccccc32)OC1(C)C. The van der Waals surface area contributed by atoms with Crippen molar-refractivity contribution < 1.29 is 23.2 Å². The van der Waals surface area contributed by atoms with E-state index in [1.165, 1.54) is 6.07 Å². The predicted octanol–water partition coefficient (Wildman–Crippen LogP) is 5.96. The molecule has 3 aromatic rings. The molecule has 196 valence electrons. The third kappa shape index (κ3) is 4.82. The van der Waals surface area contributed by atoms with Crippen LogP contribution in [0.3, 0.4) is 0 Å². The highest BCUT2D eigenvalue weighted by molar-refractivity contribution is 6.56. The zero-order valence-corrected chi connectivity index (χ0v) is 22.1. The maximum Gasteiger partial charge on any atom is 0.492 e. The van der Waals surface area contributed by atoms with Crippen LogP contribution in [0.4, 0.5) is 14.9 Å². The quantitative estimate of drug-likeness (QED) is 0.313. The Morgan fingerprint density at radius 3 is 2.13 bits per heavy atom. The van der Waals surface area contributed by atoms with Gasteiger partial charge in [-0.25, -0.2) is 9.18 Å². The number of carbonyl (C=O) groups is 1. The molecule has 0 saturated carbocycles. The summed E-state index contributed by atoms with van der Waals surface area (Å²) in [6, 6.07) is 20.8. The number of ether oxygens (including phenoxy) is 1. The summed E-state index contributed by atoms with van der Waals surface area (Å²) in [4.78, 5) is 12.8. The molecular formula is C30H32BFN2O4. The van der Waals surface area contributed by atoms with Crippen LogP contribution in [-0.4, -0.2) is 37.6 Å². The number of benzene rings is 3. The number of carbonyl (C=O) groups excluding carboxylic acids is 1. The van der Waals surface area contributed by atoms with Crippen molar-refractivity contribution in [3.8, 4) is 11.1 Å². The average Bonchev–Trinajstić information content (AvgIpc) is 3.31. The summed E-state index contributed by atoms with van der Waals surface area (Å²) in [5, 5.41) is 2.79. The third-order valence-corrected chi connectivity index (χ3v) is 7.75. The zero-order chi connectivity index (χ0) is 27.1. The first-order valence-corrected chi connectivity index (χ1v) is 12.8. The number of nitrogens with one attached hydrogen (secondary N) is 1. The second-order valence-corrected chi connectivity index (χ2v) is 10.7. The molecule has 3 N–H and O–H groups in total. The molecule has 3 aromatic carbocycles. The van der Waals surface area contributed by atoms with Gasteiger partial charge in [0, 0.05) is 23.7 Å². The Hall–Kier alpha value is -3.62. The van der Waals surface area contributed by atoms with Gasteiger partial charge in [0.25, 0.3) is 0 Å². The van der Waals surface area contributed by atoms with Gasteiger partial charge < -0.3 is 25.1 Å². The van der Waals surface area contributed by atoms with Crippen molar-refractivity contribution in [3.05, 3.63) is 94.7 Å². The Labute approximate surface area is 223 Å². The van der Waals surface area contributed by atoms with Gasteiger partial charge in [0.2, 0.25) is 0 Å². The summed E-state index contributed by atoms with van der Waals surface area (Å²) in [6.07, 6.45) is 0.993. The van der Waals surface area contributed by atoms with Crippen molar-refractivity contribution in [1.82, 2.24) is 5.32 Å². The summed E-state index contributed by atoms with van der Waals surface area (Å²) < 4.78 is 32.7. The first-order valence-electron chi connectivity index (χ1n) is 12.8. The highest BCUT2D eigenvalue weighted by Gasteiger charge is 2.52. The van der Waals surface area contributed by atoms with Crippen LogP contribution in [0.2, 0.25) is 0 Å². The Bertz CT molecular complexity index is 1320.